The van der Waals surface area contributed by atoms with Gasteiger partial charge in [0.15, 0.2) is 5.75 Å². The first-order valence-electron chi connectivity index (χ1n) is 6.85. The molecule has 0 saturated heterocycles. The Morgan fingerprint density at radius 1 is 1.15 bits per heavy atom. The number of aryl methyl sites for hydroxylation is 2. The summed E-state index contributed by atoms with van der Waals surface area (Å²) in [5, 5.41) is 3.94. The zero-order chi connectivity index (χ0) is 14.5. The van der Waals surface area contributed by atoms with Gasteiger partial charge in [-0.05, 0) is 38.1 Å². The Labute approximate surface area is 125 Å². The first-order chi connectivity index (χ1) is 9.61. The topological polar surface area (TPSA) is 21.3 Å². The van der Waals surface area contributed by atoms with Gasteiger partial charge in [-0.3, -0.25) is 0 Å². The second kappa shape index (κ2) is 6.78. The van der Waals surface area contributed by atoms with Crippen molar-refractivity contribution < 1.29 is 4.74 Å². The van der Waals surface area contributed by atoms with E-state index in [1.54, 1.807) is 0 Å². The molecule has 2 aromatic carbocycles. The molecular formula is C17H20ClNO. The average Bonchev–Trinajstić information content (AvgIpc) is 2.42. The fraction of sp³-hybridized carbons (Fsp3) is 0.294. The number of hydrogen-bond donors (Lipinski definition) is 1. The normalized spacial score (nSPS) is 10.6. The highest BCUT2D eigenvalue weighted by molar-refractivity contribution is 6.32. The summed E-state index contributed by atoms with van der Waals surface area (Å²) in [6.07, 6.45) is 0. The Hall–Kier alpha value is -1.51. The van der Waals surface area contributed by atoms with Crippen molar-refractivity contribution in [2.75, 3.05) is 6.54 Å². The molecule has 0 amide bonds. The lowest BCUT2D eigenvalue weighted by Crippen LogP contribution is -2.12. The lowest BCUT2D eigenvalue weighted by molar-refractivity contribution is 0.470. The van der Waals surface area contributed by atoms with Gasteiger partial charge in [0.05, 0.1) is 5.02 Å². The smallest absolute Gasteiger partial charge is 0.150 e. The maximum absolute atomic E-state index is 6.29. The fourth-order valence-electron chi connectivity index (χ4n) is 2.09. The van der Waals surface area contributed by atoms with E-state index in [-0.39, 0.29) is 0 Å². The maximum atomic E-state index is 6.29. The van der Waals surface area contributed by atoms with E-state index in [1.807, 2.05) is 37.3 Å². The molecule has 3 heteroatoms. The maximum Gasteiger partial charge on any atom is 0.150 e. The molecule has 2 nitrogen and oxygen atoms in total. The Kier molecular flexibility index (Phi) is 5.05. The summed E-state index contributed by atoms with van der Waals surface area (Å²) in [5.74, 6) is 1.59. The molecule has 2 rings (SSSR count). The highest BCUT2D eigenvalue weighted by Gasteiger charge is 2.10. The molecule has 0 aliphatic rings. The first kappa shape index (κ1) is 14.9. The number of ether oxygens (including phenoxy) is 1. The van der Waals surface area contributed by atoms with Gasteiger partial charge in [0.1, 0.15) is 5.75 Å². The van der Waals surface area contributed by atoms with Crippen LogP contribution in [0.5, 0.6) is 11.5 Å². The average molecular weight is 290 g/mol. The van der Waals surface area contributed by atoms with Crippen molar-refractivity contribution in [2.24, 2.45) is 0 Å². The summed E-state index contributed by atoms with van der Waals surface area (Å²) in [6, 6.07) is 12.0. The zero-order valence-electron chi connectivity index (χ0n) is 12.2. The van der Waals surface area contributed by atoms with Crippen LogP contribution in [0.3, 0.4) is 0 Å². The van der Waals surface area contributed by atoms with Crippen LogP contribution < -0.4 is 10.1 Å². The molecule has 20 heavy (non-hydrogen) atoms. The van der Waals surface area contributed by atoms with Crippen LogP contribution >= 0.6 is 11.6 Å². The molecule has 0 atom stereocenters. The minimum absolute atomic E-state index is 0.639. The van der Waals surface area contributed by atoms with Gasteiger partial charge in [-0.15, -0.1) is 0 Å². The van der Waals surface area contributed by atoms with Crippen molar-refractivity contribution in [3.8, 4) is 11.5 Å². The predicted molar refractivity (Wildman–Crippen MR) is 84.8 cm³/mol. The number of para-hydroxylation sites is 1. The molecule has 0 fully saturated rings. The van der Waals surface area contributed by atoms with Gasteiger partial charge in [-0.1, -0.05) is 48.4 Å². The second-order valence-corrected chi connectivity index (χ2v) is 5.29. The van der Waals surface area contributed by atoms with E-state index >= 15 is 0 Å². The summed E-state index contributed by atoms with van der Waals surface area (Å²) in [6.45, 7) is 7.86. The van der Waals surface area contributed by atoms with Crippen LogP contribution in [-0.4, -0.2) is 6.54 Å². The predicted octanol–water partition coefficient (Wildman–Crippen LogP) is 4.86. The van der Waals surface area contributed by atoms with Gasteiger partial charge in [-0.25, -0.2) is 0 Å². The van der Waals surface area contributed by atoms with Gasteiger partial charge in [0, 0.05) is 12.1 Å². The molecule has 0 aromatic heterocycles. The van der Waals surface area contributed by atoms with Crippen LogP contribution in [0.2, 0.25) is 5.02 Å². The van der Waals surface area contributed by atoms with E-state index in [4.69, 9.17) is 16.3 Å². The van der Waals surface area contributed by atoms with Gasteiger partial charge in [-0.2, -0.15) is 0 Å². The lowest BCUT2D eigenvalue weighted by atomic mass is 10.1. The van der Waals surface area contributed by atoms with Crippen LogP contribution in [0.25, 0.3) is 0 Å². The van der Waals surface area contributed by atoms with Gasteiger partial charge < -0.3 is 10.1 Å². The number of halogens is 1. The van der Waals surface area contributed by atoms with Crippen molar-refractivity contribution in [3.05, 3.63) is 58.1 Å². The molecule has 0 heterocycles. The summed E-state index contributed by atoms with van der Waals surface area (Å²) >= 11 is 6.29. The van der Waals surface area contributed by atoms with E-state index in [2.05, 4.69) is 25.2 Å². The summed E-state index contributed by atoms with van der Waals surface area (Å²) < 4.78 is 6.05. The van der Waals surface area contributed by atoms with Crippen molar-refractivity contribution in [1.29, 1.82) is 0 Å². The number of nitrogens with one attached hydrogen (secondary N) is 1. The minimum atomic E-state index is 0.639. The molecule has 0 aliphatic heterocycles. The van der Waals surface area contributed by atoms with Gasteiger partial charge in [0.25, 0.3) is 0 Å². The van der Waals surface area contributed by atoms with Crippen LogP contribution in [-0.2, 0) is 6.54 Å². The van der Waals surface area contributed by atoms with Gasteiger partial charge in [0.2, 0.25) is 0 Å². The van der Waals surface area contributed by atoms with Crippen LogP contribution in [0.1, 0.15) is 23.6 Å². The number of benzene rings is 2. The number of hydrogen-bond acceptors (Lipinski definition) is 2. The Bertz CT molecular complexity index is 596. The van der Waals surface area contributed by atoms with E-state index in [0.29, 0.717) is 5.02 Å². The van der Waals surface area contributed by atoms with E-state index in [0.717, 1.165) is 35.7 Å². The molecule has 0 aliphatic carbocycles. The molecule has 2 aromatic rings. The van der Waals surface area contributed by atoms with Crippen molar-refractivity contribution in [3.63, 3.8) is 0 Å². The summed E-state index contributed by atoms with van der Waals surface area (Å²) in [4.78, 5) is 0. The molecule has 106 valence electrons. The molecule has 0 bridgehead atoms. The third-order valence-electron chi connectivity index (χ3n) is 3.16. The van der Waals surface area contributed by atoms with Crippen molar-refractivity contribution >= 4 is 11.6 Å². The minimum Gasteiger partial charge on any atom is -0.455 e. The first-order valence-corrected chi connectivity index (χ1v) is 7.23. The third kappa shape index (κ3) is 3.53. The highest BCUT2D eigenvalue weighted by atomic mass is 35.5. The van der Waals surface area contributed by atoms with Crippen LogP contribution in [0.15, 0.2) is 36.4 Å². The van der Waals surface area contributed by atoms with E-state index in [9.17, 15) is 0 Å². The Balaban J connectivity index is 2.32. The van der Waals surface area contributed by atoms with Crippen molar-refractivity contribution in [2.45, 2.75) is 27.3 Å². The molecule has 0 saturated carbocycles. The quantitative estimate of drug-likeness (QED) is 0.849. The summed E-state index contributed by atoms with van der Waals surface area (Å²) in [7, 11) is 0. The van der Waals surface area contributed by atoms with Crippen LogP contribution in [0, 0.1) is 13.8 Å². The molecule has 0 spiro atoms. The molecule has 0 unspecified atom stereocenters. The highest BCUT2D eigenvalue weighted by Crippen LogP contribution is 2.34. The summed E-state index contributed by atoms with van der Waals surface area (Å²) in [5.41, 5.74) is 3.40. The number of rotatable bonds is 5. The monoisotopic (exact) mass is 289 g/mol. The van der Waals surface area contributed by atoms with E-state index in [1.165, 1.54) is 5.56 Å². The fourth-order valence-corrected chi connectivity index (χ4v) is 2.32. The standard InChI is InChI=1S/C17H20ClNO/c1-4-19-11-14-6-5-7-15(18)17(14)20-16-9-8-12(2)10-13(16)3/h5-10,19H,4,11H2,1-3H3. The molecule has 1 N–H and O–H groups in total. The molecular weight excluding hydrogens is 270 g/mol. The van der Waals surface area contributed by atoms with Gasteiger partial charge >= 0.3 is 0 Å². The largest absolute Gasteiger partial charge is 0.455 e. The van der Waals surface area contributed by atoms with Crippen molar-refractivity contribution in [1.82, 2.24) is 5.32 Å². The van der Waals surface area contributed by atoms with E-state index < -0.39 is 0 Å². The third-order valence-corrected chi connectivity index (χ3v) is 3.45. The second-order valence-electron chi connectivity index (χ2n) is 4.88. The van der Waals surface area contributed by atoms with Crippen LogP contribution in [0.4, 0.5) is 0 Å². The lowest BCUT2D eigenvalue weighted by Gasteiger charge is -2.15. The Morgan fingerprint density at radius 2 is 1.95 bits per heavy atom. The zero-order valence-corrected chi connectivity index (χ0v) is 12.9. The Morgan fingerprint density at radius 3 is 2.65 bits per heavy atom. The molecule has 0 radical (unpaired) electrons. The SMILES string of the molecule is CCNCc1cccc(Cl)c1Oc1ccc(C)cc1C.